The maximum Gasteiger partial charge on any atom is 0.0667 e. The summed E-state index contributed by atoms with van der Waals surface area (Å²) in [5.74, 6) is 0. The first kappa shape index (κ1) is 6.45. The van der Waals surface area contributed by atoms with Crippen LogP contribution in [0.3, 0.4) is 0 Å². The van der Waals surface area contributed by atoms with E-state index in [4.69, 9.17) is 10.4 Å². The normalized spacial score (nSPS) is 12.7. The summed E-state index contributed by atoms with van der Waals surface area (Å²) in [7, 11) is 0. The number of aliphatic hydroxyl groups excluding tert-OH is 1. The fraction of sp³-hybridized carbons (Fsp3) is 0.800. The largest absolute Gasteiger partial charge is 0.392 e. The van der Waals surface area contributed by atoms with Crippen molar-refractivity contribution < 1.29 is 5.11 Å². The third-order valence-corrected chi connectivity index (χ3v) is 0.798. The van der Waals surface area contributed by atoms with E-state index in [1.165, 1.54) is 0 Å². The predicted octanol–water partition coefficient (Wildman–Crippen LogP) is 0.671. The highest BCUT2D eigenvalue weighted by atomic mass is 16.3. The SMILES string of the molecule is CCC(O)CC#N. The highest BCUT2D eigenvalue weighted by molar-refractivity contribution is 4.73. The molecule has 0 rings (SSSR count). The Morgan fingerprint density at radius 1 is 1.86 bits per heavy atom. The number of rotatable bonds is 2. The first-order chi connectivity index (χ1) is 3.31. The van der Waals surface area contributed by atoms with Gasteiger partial charge < -0.3 is 5.11 Å². The molecule has 0 aromatic carbocycles. The van der Waals surface area contributed by atoms with Crippen LogP contribution in [-0.4, -0.2) is 11.2 Å². The quantitative estimate of drug-likeness (QED) is 0.553. The lowest BCUT2D eigenvalue weighted by Gasteiger charge is -1.96. The highest BCUT2D eigenvalue weighted by Crippen LogP contribution is 1.92. The summed E-state index contributed by atoms with van der Waals surface area (Å²) in [6.45, 7) is 1.85. The molecule has 0 saturated heterocycles. The topological polar surface area (TPSA) is 44.0 Å². The molecule has 1 atom stereocenters. The van der Waals surface area contributed by atoms with Gasteiger partial charge in [0.1, 0.15) is 0 Å². The molecular weight excluding hydrogens is 90.1 g/mol. The molecule has 0 aromatic heterocycles. The summed E-state index contributed by atoms with van der Waals surface area (Å²) in [5.41, 5.74) is 0. The maximum atomic E-state index is 8.64. The molecule has 40 valence electrons. The van der Waals surface area contributed by atoms with Crippen molar-refractivity contribution in [2.45, 2.75) is 25.9 Å². The van der Waals surface area contributed by atoms with Crippen LogP contribution >= 0.6 is 0 Å². The van der Waals surface area contributed by atoms with E-state index in [0.717, 1.165) is 0 Å². The van der Waals surface area contributed by atoms with Gasteiger partial charge in [0.15, 0.2) is 0 Å². The summed E-state index contributed by atoms with van der Waals surface area (Å²) in [5, 5.41) is 16.6. The Hall–Kier alpha value is -0.550. The lowest BCUT2D eigenvalue weighted by atomic mass is 10.2. The second kappa shape index (κ2) is 3.63. The standard InChI is InChI=1S/C5H9NO/c1-2-5(7)3-4-6/h5,7H,2-3H2,1H3. The van der Waals surface area contributed by atoms with Crippen molar-refractivity contribution in [3.63, 3.8) is 0 Å². The van der Waals surface area contributed by atoms with Gasteiger partial charge in [-0.25, -0.2) is 0 Å². The van der Waals surface area contributed by atoms with E-state index >= 15 is 0 Å². The van der Waals surface area contributed by atoms with Crippen LogP contribution in [0.2, 0.25) is 0 Å². The summed E-state index contributed by atoms with van der Waals surface area (Å²) in [6, 6.07) is 1.87. The van der Waals surface area contributed by atoms with Crippen molar-refractivity contribution in [2.75, 3.05) is 0 Å². The summed E-state index contributed by atoms with van der Waals surface area (Å²) in [4.78, 5) is 0. The molecule has 0 aromatic rings. The minimum Gasteiger partial charge on any atom is -0.392 e. The predicted molar refractivity (Wildman–Crippen MR) is 26.5 cm³/mol. The van der Waals surface area contributed by atoms with E-state index in [2.05, 4.69) is 0 Å². The van der Waals surface area contributed by atoms with Gasteiger partial charge >= 0.3 is 0 Å². The third kappa shape index (κ3) is 3.28. The van der Waals surface area contributed by atoms with E-state index in [0.29, 0.717) is 6.42 Å². The lowest BCUT2D eigenvalue weighted by molar-refractivity contribution is 0.175. The molecule has 0 bridgehead atoms. The van der Waals surface area contributed by atoms with Crippen molar-refractivity contribution in [3.8, 4) is 6.07 Å². The molecule has 7 heavy (non-hydrogen) atoms. The number of aliphatic hydroxyl groups is 1. The van der Waals surface area contributed by atoms with Crippen LogP contribution < -0.4 is 0 Å². The van der Waals surface area contributed by atoms with Gasteiger partial charge in [0.25, 0.3) is 0 Å². The Bertz CT molecular complexity index is 74.6. The molecule has 2 heteroatoms. The number of hydrogen-bond donors (Lipinski definition) is 1. The minimum atomic E-state index is -0.412. The summed E-state index contributed by atoms with van der Waals surface area (Å²) < 4.78 is 0. The molecule has 0 fully saturated rings. The van der Waals surface area contributed by atoms with Gasteiger partial charge in [0.05, 0.1) is 18.6 Å². The fourth-order valence-electron chi connectivity index (χ4n) is 0.250. The summed E-state index contributed by atoms with van der Waals surface area (Å²) in [6.07, 6.45) is 0.523. The van der Waals surface area contributed by atoms with Gasteiger partial charge in [-0.15, -0.1) is 0 Å². The van der Waals surface area contributed by atoms with Crippen LogP contribution in [0.25, 0.3) is 0 Å². The monoisotopic (exact) mass is 99.1 g/mol. The van der Waals surface area contributed by atoms with E-state index in [9.17, 15) is 0 Å². The van der Waals surface area contributed by atoms with Crippen LogP contribution in [-0.2, 0) is 0 Å². The smallest absolute Gasteiger partial charge is 0.0667 e. The summed E-state index contributed by atoms with van der Waals surface area (Å²) >= 11 is 0. The Balaban J connectivity index is 3.03. The molecule has 1 N–H and O–H groups in total. The van der Waals surface area contributed by atoms with Crippen LogP contribution in [0.1, 0.15) is 19.8 Å². The van der Waals surface area contributed by atoms with Crippen LogP contribution in [0.15, 0.2) is 0 Å². The van der Waals surface area contributed by atoms with Crippen molar-refractivity contribution in [1.29, 1.82) is 5.26 Å². The minimum absolute atomic E-state index is 0.260. The maximum absolute atomic E-state index is 8.64. The zero-order valence-corrected chi connectivity index (χ0v) is 4.39. The molecule has 0 aliphatic rings. The van der Waals surface area contributed by atoms with Gasteiger partial charge in [-0.2, -0.15) is 5.26 Å². The van der Waals surface area contributed by atoms with Crippen molar-refractivity contribution in [1.82, 2.24) is 0 Å². The zero-order valence-electron chi connectivity index (χ0n) is 4.39. The molecular formula is C5H9NO. The van der Waals surface area contributed by atoms with Crippen molar-refractivity contribution >= 4 is 0 Å². The van der Waals surface area contributed by atoms with Gasteiger partial charge in [-0.3, -0.25) is 0 Å². The number of nitrogens with zero attached hydrogens (tertiary/aromatic N) is 1. The van der Waals surface area contributed by atoms with Gasteiger partial charge in [0, 0.05) is 0 Å². The third-order valence-electron chi connectivity index (χ3n) is 0.798. The molecule has 0 aliphatic carbocycles. The van der Waals surface area contributed by atoms with Crippen LogP contribution in [0.5, 0.6) is 0 Å². The molecule has 2 nitrogen and oxygen atoms in total. The molecule has 1 unspecified atom stereocenters. The van der Waals surface area contributed by atoms with Gasteiger partial charge in [0.2, 0.25) is 0 Å². The Labute approximate surface area is 43.4 Å². The van der Waals surface area contributed by atoms with Crippen LogP contribution in [0, 0.1) is 11.3 Å². The molecule has 0 spiro atoms. The molecule has 0 radical (unpaired) electrons. The Morgan fingerprint density at radius 2 is 2.43 bits per heavy atom. The highest BCUT2D eigenvalue weighted by Gasteiger charge is 1.95. The van der Waals surface area contributed by atoms with Crippen molar-refractivity contribution in [3.05, 3.63) is 0 Å². The van der Waals surface area contributed by atoms with E-state index in [1.807, 2.05) is 13.0 Å². The lowest BCUT2D eigenvalue weighted by Crippen LogP contribution is -2.00. The Kier molecular flexibility index (Phi) is 3.35. The van der Waals surface area contributed by atoms with E-state index in [-0.39, 0.29) is 6.42 Å². The van der Waals surface area contributed by atoms with Gasteiger partial charge in [-0.05, 0) is 6.42 Å². The first-order valence-electron chi connectivity index (χ1n) is 2.36. The molecule has 0 saturated carbocycles. The van der Waals surface area contributed by atoms with E-state index in [1.54, 1.807) is 0 Å². The zero-order chi connectivity index (χ0) is 5.70. The fourth-order valence-corrected chi connectivity index (χ4v) is 0.250. The molecule has 0 heterocycles. The van der Waals surface area contributed by atoms with Crippen molar-refractivity contribution in [2.24, 2.45) is 0 Å². The Morgan fingerprint density at radius 3 is 2.57 bits per heavy atom. The molecule has 0 aliphatic heterocycles. The second-order valence-corrected chi connectivity index (χ2v) is 1.42. The number of hydrogen-bond acceptors (Lipinski definition) is 2. The molecule has 0 amide bonds. The average Bonchev–Trinajstić information content (AvgIpc) is 1.68. The van der Waals surface area contributed by atoms with Gasteiger partial charge in [-0.1, -0.05) is 6.92 Å². The van der Waals surface area contributed by atoms with E-state index < -0.39 is 6.10 Å². The first-order valence-corrected chi connectivity index (χ1v) is 2.36. The average molecular weight is 99.1 g/mol. The number of nitriles is 1. The van der Waals surface area contributed by atoms with Crippen LogP contribution in [0.4, 0.5) is 0 Å². The second-order valence-electron chi connectivity index (χ2n) is 1.42.